The van der Waals surface area contributed by atoms with Crippen LogP contribution in [0.15, 0.2) is 48.5 Å². The van der Waals surface area contributed by atoms with Gasteiger partial charge >= 0.3 is 0 Å². The van der Waals surface area contributed by atoms with Crippen LogP contribution in [0.2, 0.25) is 0 Å². The van der Waals surface area contributed by atoms with Gasteiger partial charge in [-0.2, -0.15) is 0 Å². The van der Waals surface area contributed by atoms with Gasteiger partial charge in [0, 0.05) is 18.7 Å². The molecule has 0 amide bonds. The smallest absolute Gasteiger partial charge is 0.123 e. The first-order valence-corrected chi connectivity index (χ1v) is 8.60. The molecular weight excluding hydrogens is 298 g/mol. The largest absolute Gasteiger partial charge is 0.496 e. The fourth-order valence-electron chi connectivity index (χ4n) is 2.98. The lowest BCUT2D eigenvalue weighted by atomic mass is 10.2. The molecular formula is C20H25N3O. The summed E-state index contributed by atoms with van der Waals surface area (Å²) in [7, 11) is 1.71. The molecule has 0 aliphatic carbocycles. The molecule has 4 nitrogen and oxygen atoms in total. The van der Waals surface area contributed by atoms with E-state index in [1.165, 1.54) is 18.4 Å². The summed E-state index contributed by atoms with van der Waals surface area (Å²) >= 11 is 0. The van der Waals surface area contributed by atoms with Crippen LogP contribution in [0.5, 0.6) is 5.75 Å². The van der Waals surface area contributed by atoms with E-state index >= 15 is 0 Å². The number of hydrogen-bond donors (Lipinski definition) is 1. The van der Waals surface area contributed by atoms with E-state index in [1.54, 1.807) is 7.11 Å². The number of imidazole rings is 1. The van der Waals surface area contributed by atoms with Gasteiger partial charge in [0.05, 0.1) is 24.7 Å². The molecule has 2 aromatic carbocycles. The Bertz CT molecular complexity index is 794. The summed E-state index contributed by atoms with van der Waals surface area (Å²) in [6.07, 6.45) is 2.35. The summed E-state index contributed by atoms with van der Waals surface area (Å²) in [5.41, 5.74) is 3.46. The highest BCUT2D eigenvalue weighted by Gasteiger charge is 2.10. The summed E-state index contributed by atoms with van der Waals surface area (Å²) in [6.45, 7) is 4.75. The lowest BCUT2D eigenvalue weighted by Gasteiger charge is -2.11. The van der Waals surface area contributed by atoms with Gasteiger partial charge in [-0.15, -0.1) is 0 Å². The fraction of sp³-hybridized carbons (Fsp3) is 0.350. The van der Waals surface area contributed by atoms with Gasteiger partial charge in [0.15, 0.2) is 0 Å². The zero-order valence-corrected chi connectivity index (χ0v) is 14.5. The van der Waals surface area contributed by atoms with Crippen LogP contribution in [0.1, 0.15) is 31.2 Å². The van der Waals surface area contributed by atoms with E-state index in [4.69, 9.17) is 9.72 Å². The predicted octanol–water partition coefficient (Wildman–Crippen LogP) is 4.13. The van der Waals surface area contributed by atoms with Gasteiger partial charge in [0.2, 0.25) is 0 Å². The normalized spacial score (nSPS) is 11.1. The Labute approximate surface area is 143 Å². The Morgan fingerprint density at radius 3 is 2.67 bits per heavy atom. The van der Waals surface area contributed by atoms with E-state index in [9.17, 15) is 0 Å². The Balaban J connectivity index is 1.74. The Morgan fingerprint density at radius 2 is 1.83 bits per heavy atom. The predicted molar refractivity (Wildman–Crippen MR) is 98.2 cm³/mol. The van der Waals surface area contributed by atoms with E-state index in [0.29, 0.717) is 0 Å². The maximum atomic E-state index is 5.41. The van der Waals surface area contributed by atoms with Gasteiger partial charge in [0.25, 0.3) is 0 Å². The van der Waals surface area contributed by atoms with Gasteiger partial charge in [0.1, 0.15) is 11.6 Å². The van der Waals surface area contributed by atoms with Crippen LogP contribution in [-0.2, 0) is 19.6 Å². The summed E-state index contributed by atoms with van der Waals surface area (Å²) in [5.74, 6) is 2.02. The molecule has 3 rings (SSSR count). The Hall–Kier alpha value is -2.33. The number of nitrogens with one attached hydrogen (secondary N) is 1. The number of benzene rings is 2. The highest BCUT2D eigenvalue weighted by atomic mass is 16.5. The van der Waals surface area contributed by atoms with Gasteiger partial charge in [-0.05, 0) is 24.6 Å². The second-order valence-electron chi connectivity index (χ2n) is 5.94. The number of nitrogens with zero attached hydrogens (tertiary/aromatic N) is 2. The first kappa shape index (κ1) is 16.5. The molecule has 0 saturated heterocycles. The van der Waals surface area contributed by atoms with Crippen LogP contribution >= 0.6 is 0 Å². The third kappa shape index (κ3) is 3.60. The third-order valence-corrected chi connectivity index (χ3v) is 4.26. The van der Waals surface area contributed by atoms with Crippen LogP contribution in [0, 0.1) is 0 Å². The van der Waals surface area contributed by atoms with Crippen LogP contribution in [0.25, 0.3) is 11.0 Å². The minimum Gasteiger partial charge on any atom is -0.496 e. The van der Waals surface area contributed by atoms with Crippen molar-refractivity contribution in [2.45, 2.75) is 39.4 Å². The first-order chi connectivity index (χ1) is 11.8. The molecule has 0 atom stereocenters. The zero-order valence-electron chi connectivity index (χ0n) is 14.5. The maximum Gasteiger partial charge on any atom is 0.123 e. The molecule has 0 bridgehead atoms. The zero-order chi connectivity index (χ0) is 16.8. The molecule has 24 heavy (non-hydrogen) atoms. The van der Waals surface area contributed by atoms with Crippen LogP contribution in [0.3, 0.4) is 0 Å². The highest BCUT2D eigenvalue weighted by Crippen LogP contribution is 2.19. The molecule has 3 aromatic rings. The summed E-state index contributed by atoms with van der Waals surface area (Å²) in [5, 5.41) is 3.51. The molecule has 4 heteroatoms. The third-order valence-electron chi connectivity index (χ3n) is 4.26. The van der Waals surface area contributed by atoms with E-state index in [1.807, 2.05) is 24.3 Å². The lowest BCUT2D eigenvalue weighted by Crippen LogP contribution is -2.17. The van der Waals surface area contributed by atoms with Gasteiger partial charge in [-0.1, -0.05) is 43.7 Å². The highest BCUT2D eigenvalue weighted by molar-refractivity contribution is 5.75. The number of para-hydroxylation sites is 3. The topological polar surface area (TPSA) is 39.1 Å². The van der Waals surface area contributed by atoms with Crippen molar-refractivity contribution in [1.82, 2.24) is 14.9 Å². The second-order valence-corrected chi connectivity index (χ2v) is 5.94. The number of unbranched alkanes of at least 4 members (excludes halogenated alkanes) is 1. The van der Waals surface area contributed by atoms with Gasteiger partial charge < -0.3 is 14.6 Å². The van der Waals surface area contributed by atoms with E-state index in [0.717, 1.165) is 42.3 Å². The summed E-state index contributed by atoms with van der Waals surface area (Å²) in [6, 6.07) is 16.5. The van der Waals surface area contributed by atoms with E-state index in [2.05, 4.69) is 41.1 Å². The second kappa shape index (κ2) is 7.97. The molecule has 0 radical (unpaired) electrons. The maximum absolute atomic E-state index is 5.41. The van der Waals surface area contributed by atoms with Crippen molar-refractivity contribution in [3.05, 3.63) is 59.9 Å². The van der Waals surface area contributed by atoms with E-state index in [-0.39, 0.29) is 0 Å². The van der Waals surface area contributed by atoms with Crippen molar-refractivity contribution >= 4 is 11.0 Å². The molecule has 1 aromatic heterocycles. The quantitative estimate of drug-likeness (QED) is 0.677. The summed E-state index contributed by atoms with van der Waals surface area (Å²) in [4.78, 5) is 4.81. The minimum atomic E-state index is 0.746. The van der Waals surface area contributed by atoms with Crippen LogP contribution in [-0.4, -0.2) is 16.7 Å². The van der Waals surface area contributed by atoms with Gasteiger partial charge in [-0.3, -0.25) is 0 Å². The number of aromatic nitrogens is 2. The van der Waals surface area contributed by atoms with E-state index < -0.39 is 0 Å². The van der Waals surface area contributed by atoms with Crippen molar-refractivity contribution in [2.24, 2.45) is 0 Å². The molecule has 0 aliphatic heterocycles. The molecule has 0 unspecified atom stereocenters. The summed E-state index contributed by atoms with van der Waals surface area (Å²) < 4.78 is 7.75. The molecule has 0 aliphatic rings. The monoisotopic (exact) mass is 323 g/mol. The van der Waals surface area contributed by atoms with Crippen LogP contribution in [0.4, 0.5) is 0 Å². The Kier molecular flexibility index (Phi) is 5.49. The molecule has 0 fully saturated rings. The molecule has 0 saturated carbocycles. The number of methoxy groups -OCH3 is 1. The molecule has 0 spiro atoms. The Morgan fingerprint density at radius 1 is 1.04 bits per heavy atom. The number of rotatable bonds is 8. The van der Waals surface area contributed by atoms with Crippen LogP contribution < -0.4 is 10.1 Å². The SMILES string of the molecule is CCCCn1c(CNCc2ccccc2OC)nc2ccccc21. The van der Waals surface area contributed by atoms with Crippen molar-refractivity contribution in [1.29, 1.82) is 0 Å². The van der Waals surface area contributed by atoms with Crippen molar-refractivity contribution in [2.75, 3.05) is 7.11 Å². The van der Waals surface area contributed by atoms with Crippen molar-refractivity contribution < 1.29 is 4.74 Å². The van der Waals surface area contributed by atoms with Crippen molar-refractivity contribution in [3.63, 3.8) is 0 Å². The first-order valence-electron chi connectivity index (χ1n) is 8.60. The van der Waals surface area contributed by atoms with Crippen molar-refractivity contribution in [3.8, 4) is 5.75 Å². The number of aryl methyl sites for hydroxylation is 1. The molecule has 126 valence electrons. The molecule has 1 N–H and O–H groups in total. The van der Waals surface area contributed by atoms with Gasteiger partial charge in [-0.25, -0.2) is 4.98 Å². The number of hydrogen-bond acceptors (Lipinski definition) is 3. The lowest BCUT2D eigenvalue weighted by molar-refractivity contribution is 0.407. The number of ether oxygens (including phenoxy) is 1. The standard InChI is InChI=1S/C20H25N3O/c1-3-4-13-23-18-11-7-6-10-17(18)22-20(23)15-21-14-16-9-5-8-12-19(16)24-2/h5-12,21H,3-4,13-15H2,1-2H3. The fourth-order valence-corrected chi connectivity index (χ4v) is 2.98. The average Bonchev–Trinajstić information content (AvgIpc) is 2.98. The number of fused-ring (bicyclic) bond motifs is 1. The molecule has 1 heterocycles. The average molecular weight is 323 g/mol. The minimum absolute atomic E-state index is 0.746.